The molecule has 0 aromatic heterocycles. The predicted molar refractivity (Wildman–Crippen MR) is 50.5 cm³/mol. The average molecular weight is 150 g/mol. The van der Waals surface area contributed by atoms with Crippen LogP contribution in [-0.2, 0) is 0 Å². The molecule has 1 unspecified atom stereocenters. The molecule has 0 heteroatoms. The van der Waals surface area contributed by atoms with Gasteiger partial charge in [0.05, 0.1) is 0 Å². The van der Waals surface area contributed by atoms with Gasteiger partial charge in [0.25, 0.3) is 0 Å². The number of allylic oxidation sites excluding steroid dienone is 4. The summed E-state index contributed by atoms with van der Waals surface area (Å²) in [6, 6.07) is 0. The van der Waals surface area contributed by atoms with Crippen molar-refractivity contribution in [2.75, 3.05) is 0 Å². The zero-order valence-corrected chi connectivity index (χ0v) is 7.80. The highest BCUT2D eigenvalue weighted by Crippen LogP contribution is 2.20. The van der Waals surface area contributed by atoms with Gasteiger partial charge in [-0.25, -0.2) is 0 Å². The largest absolute Gasteiger partial charge is 0.0840 e. The lowest BCUT2D eigenvalue weighted by atomic mass is 10.0. The van der Waals surface area contributed by atoms with E-state index in [1.807, 2.05) is 0 Å². The summed E-state index contributed by atoms with van der Waals surface area (Å²) in [5, 5.41) is 0. The van der Waals surface area contributed by atoms with Crippen LogP contribution >= 0.6 is 0 Å². The van der Waals surface area contributed by atoms with Crippen molar-refractivity contribution >= 4 is 0 Å². The van der Waals surface area contributed by atoms with E-state index in [1.165, 1.54) is 18.4 Å². The second kappa shape index (κ2) is 3.75. The molecule has 0 aromatic carbocycles. The fourth-order valence-corrected chi connectivity index (χ4v) is 1.37. The maximum absolute atomic E-state index is 2.39. The fraction of sp³-hybridized carbons (Fsp3) is 0.636. The van der Waals surface area contributed by atoms with E-state index >= 15 is 0 Å². The molecule has 0 heterocycles. The summed E-state index contributed by atoms with van der Waals surface area (Å²) >= 11 is 0. The topological polar surface area (TPSA) is 0 Å². The van der Waals surface area contributed by atoms with Gasteiger partial charge < -0.3 is 0 Å². The second-order valence-electron chi connectivity index (χ2n) is 3.84. The van der Waals surface area contributed by atoms with Crippen LogP contribution in [0.4, 0.5) is 0 Å². The van der Waals surface area contributed by atoms with E-state index in [0.717, 1.165) is 5.92 Å². The molecule has 0 N–H and O–H groups in total. The predicted octanol–water partition coefficient (Wildman–Crippen LogP) is 3.55. The Morgan fingerprint density at radius 1 is 1.36 bits per heavy atom. The minimum Gasteiger partial charge on any atom is -0.0840 e. The van der Waals surface area contributed by atoms with E-state index in [4.69, 9.17) is 0 Å². The Hall–Kier alpha value is -0.520. The van der Waals surface area contributed by atoms with Crippen LogP contribution in [0.1, 0.15) is 33.6 Å². The molecule has 0 aliphatic heterocycles. The van der Waals surface area contributed by atoms with Gasteiger partial charge in [0.1, 0.15) is 0 Å². The van der Waals surface area contributed by atoms with Gasteiger partial charge in [-0.2, -0.15) is 0 Å². The molecule has 62 valence electrons. The molecule has 1 aliphatic rings. The lowest BCUT2D eigenvalue weighted by Crippen LogP contribution is -1.90. The van der Waals surface area contributed by atoms with E-state index in [9.17, 15) is 0 Å². The van der Waals surface area contributed by atoms with Crippen molar-refractivity contribution in [2.45, 2.75) is 33.6 Å². The summed E-state index contributed by atoms with van der Waals surface area (Å²) in [5.41, 5.74) is 1.51. The van der Waals surface area contributed by atoms with Gasteiger partial charge in [0.2, 0.25) is 0 Å². The summed E-state index contributed by atoms with van der Waals surface area (Å²) < 4.78 is 0. The first-order valence-corrected chi connectivity index (χ1v) is 4.56. The van der Waals surface area contributed by atoms with Crippen molar-refractivity contribution in [1.29, 1.82) is 0 Å². The van der Waals surface area contributed by atoms with Crippen LogP contribution in [0, 0.1) is 11.8 Å². The molecule has 1 aliphatic carbocycles. The maximum Gasteiger partial charge on any atom is -0.0222 e. The third-order valence-electron chi connectivity index (χ3n) is 2.27. The van der Waals surface area contributed by atoms with Gasteiger partial charge in [0.15, 0.2) is 0 Å². The molecular weight excluding hydrogens is 132 g/mol. The van der Waals surface area contributed by atoms with Crippen molar-refractivity contribution in [3.05, 3.63) is 23.8 Å². The van der Waals surface area contributed by atoms with Crippen LogP contribution in [0.15, 0.2) is 23.8 Å². The molecule has 0 aromatic rings. The third kappa shape index (κ3) is 2.53. The van der Waals surface area contributed by atoms with Crippen molar-refractivity contribution in [3.8, 4) is 0 Å². The fourth-order valence-electron chi connectivity index (χ4n) is 1.37. The van der Waals surface area contributed by atoms with Gasteiger partial charge in [0, 0.05) is 0 Å². The molecule has 1 rings (SSSR count). The molecule has 1 atom stereocenters. The van der Waals surface area contributed by atoms with Gasteiger partial charge in [-0.3, -0.25) is 0 Å². The molecule has 0 fully saturated rings. The molecule has 0 bridgehead atoms. The van der Waals surface area contributed by atoms with Crippen molar-refractivity contribution < 1.29 is 0 Å². The van der Waals surface area contributed by atoms with Gasteiger partial charge >= 0.3 is 0 Å². The quantitative estimate of drug-likeness (QED) is 0.536. The number of hydrogen-bond acceptors (Lipinski definition) is 0. The zero-order valence-electron chi connectivity index (χ0n) is 7.80. The molecule has 0 saturated carbocycles. The maximum atomic E-state index is 2.39. The minimum absolute atomic E-state index is 0.691. The SMILES string of the molecule is CC1CC=CC(C(C)C)=CC1. The first-order valence-electron chi connectivity index (χ1n) is 4.56. The Morgan fingerprint density at radius 3 is 2.73 bits per heavy atom. The molecule has 0 radical (unpaired) electrons. The minimum atomic E-state index is 0.691. The lowest BCUT2D eigenvalue weighted by molar-refractivity contribution is 0.604. The van der Waals surface area contributed by atoms with E-state index in [2.05, 4.69) is 39.0 Å². The summed E-state index contributed by atoms with van der Waals surface area (Å²) in [5.74, 6) is 1.53. The second-order valence-corrected chi connectivity index (χ2v) is 3.84. The van der Waals surface area contributed by atoms with Crippen molar-refractivity contribution in [2.24, 2.45) is 11.8 Å². The Labute approximate surface area is 70.0 Å². The van der Waals surface area contributed by atoms with E-state index in [0.29, 0.717) is 5.92 Å². The highest BCUT2D eigenvalue weighted by Gasteiger charge is 2.05. The van der Waals surface area contributed by atoms with Gasteiger partial charge in [-0.1, -0.05) is 39.0 Å². The van der Waals surface area contributed by atoms with E-state index in [1.54, 1.807) is 0 Å². The molecule has 0 nitrogen and oxygen atoms in total. The van der Waals surface area contributed by atoms with E-state index < -0.39 is 0 Å². The Bertz CT molecular complexity index is 172. The van der Waals surface area contributed by atoms with Crippen LogP contribution in [0.5, 0.6) is 0 Å². The average Bonchev–Trinajstić information content (AvgIpc) is 2.13. The number of hydrogen-bond donors (Lipinski definition) is 0. The first-order chi connectivity index (χ1) is 5.20. The Kier molecular flexibility index (Phi) is 2.92. The smallest absolute Gasteiger partial charge is 0.0222 e. The standard InChI is InChI=1S/C11H18/c1-9(2)11-6-4-5-10(3)7-8-11/h4,6,8-10H,5,7H2,1-3H3. The Balaban J connectivity index is 2.64. The van der Waals surface area contributed by atoms with Crippen LogP contribution in [-0.4, -0.2) is 0 Å². The Morgan fingerprint density at radius 2 is 2.09 bits per heavy atom. The van der Waals surface area contributed by atoms with Crippen LogP contribution in [0.2, 0.25) is 0 Å². The monoisotopic (exact) mass is 150 g/mol. The lowest BCUT2D eigenvalue weighted by Gasteiger charge is -2.04. The third-order valence-corrected chi connectivity index (χ3v) is 2.27. The molecular formula is C11H18. The number of rotatable bonds is 1. The highest BCUT2D eigenvalue weighted by molar-refractivity contribution is 5.22. The van der Waals surface area contributed by atoms with Gasteiger partial charge in [-0.15, -0.1) is 0 Å². The summed E-state index contributed by atoms with van der Waals surface area (Å²) in [6.07, 6.45) is 9.48. The van der Waals surface area contributed by atoms with Crippen LogP contribution in [0.25, 0.3) is 0 Å². The van der Waals surface area contributed by atoms with Crippen LogP contribution < -0.4 is 0 Å². The van der Waals surface area contributed by atoms with Crippen molar-refractivity contribution in [3.63, 3.8) is 0 Å². The summed E-state index contributed by atoms with van der Waals surface area (Å²) in [4.78, 5) is 0. The molecule has 0 spiro atoms. The first kappa shape index (κ1) is 8.58. The molecule has 0 saturated heterocycles. The molecule has 11 heavy (non-hydrogen) atoms. The van der Waals surface area contributed by atoms with Crippen LogP contribution in [0.3, 0.4) is 0 Å². The van der Waals surface area contributed by atoms with Gasteiger partial charge in [-0.05, 0) is 30.3 Å². The highest BCUT2D eigenvalue weighted by atomic mass is 14.1. The van der Waals surface area contributed by atoms with E-state index in [-0.39, 0.29) is 0 Å². The normalized spacial score (nSPS) is 25.1. The summed E-state index contributed by atoms with van der Waals surface area (Å²) in [7, 11) is 0. The molecule has 0 amide bonds. The summed E-state index contributed by atoms with van der Waals surface area (Å²) in [6.45, 7) is 6.82. The van der Waals surface area contributed by atoms with Crippen molar-refractivity contribution in [1.82, 2.24) is 0 Å². The zero-order chi connectivity index (χ0) is 8.27.